The second kappa shape index (κ2) is 6.45. The van der Waals surface area contributed by atoms with Gasteiger partial charge in [-0.2, -0.15) is 5.10 Å². The van der Waals surface area contributed by atoms with Crippen LogP contribution in [0.3, 0.4) is 0 Å². The van der Waals surface area contributed by atoms with Gasteiger partial charge in [-0.15, -0.1) is 0 Å². The summed E-state index contributed by atoms with van der Waals surface area (Å²) >= 11 is 0. The molecule has 1 aromatic heterocycles. The highest BCUT2D eigenvalue weighted by molar-refractivity contribution is 5.60. The van der Waals surface area contributed by atoms with Crippen molar-refractivity contribution in [2.75, 3.05) is 5.32 Å². The Bertz CT molecular complexity index is 504. The Labute approximate surface area is 126 Å². The van der Waals surface area contributed by atoms with E-state index < -0.39 is 0 Å². The molecule has 1 fully saturated rings. The van der Waals surface area contributed by atoms with Gasteiger partial charge in [-0.05, 0) is 46.5 Å². The van der Waals surface area contributed by atoms with E-state index >= 15 is 0 Å². The van der Waals surface area contributed by atoms with E-state index in [1.807, 2.05) is 13.8 Å². The van der Waals surface area contributed by atoms with E-state index in [1.54, 1.807) is 11.6 Å². The van der Waals surface area contributed by atoms with E-state index in [-0.39, 0.29) is 22.7 Å². The normalized spacial score (nSPS) is 18.0. The number of hydrogen-bond donors (Lipinski definition) is 1. The first-order chi connectivity index (χ1) is 9.91. The van der Waals surface area contributed by atoms with Gasteiger partial charge in [-0.3, -0.25) is 10.1 Å². The van der Waals surface area contributed by atoms with Gasteiger partial charge >= 0.3 is 5.69 Å². The van der Waals surface area contributed by atoms with E-state index in [9.17, 15) is 10.1 Å². The van der Waals surface area contributed by atoms with Crippen molar-refractivity contribution in [3.63, 3.8) is 0 Å². The summed E-state index contributed by atoms with van der Waals surface area (Å²) in [6.07, 6.45) is 6.25. The SMILES string of the molecule is Cc1nn(C(C)C)c(NC(C)C2CCCCC2)c1[N+](=O)[O-]. The highest BCUT2D eigenvalue weighted by Crippen LogP contribution is 2.34. The molecule has 0 radical (unpaired) electrons. The molecular weight excluding hydrogens is 268 g/mol. The smallest absolute Gasteiger partial charge is 0.333 e. The maximum absolute atomic E-state index is 11.3. The number of anilines is 1. The summed E-state index contributed by atoms with van der Waals surface area (Å²) in [4.78, 5) is 11.0. The van der Waals surface area contributed by atoms with E-state index in [2.05, 4.69) is 17.3 Å². The third-order valence-corrected chi connectivity index (χ3v) is 4.45. The van der Waals surface area contributed by atoms with E-state index in [4.69, 9.17) is 0 Å². The minimum atomic E-state index is -0.322. The quantitative estimate of drug-likeness (QED) is 0.656. The molecule has 0 saturated heterocycles. The van der Waals surface area contributed by atoms with Gasteiger partial charge in [0.15, 0.2) is 0 Å². The van der Waals surface area contributed by atoms with Crippen molar-refractivity contribution < 1.29 is 4.92 Å². The monoisotopic (exact) mass is 294 g/mol. The van der Waals surface area contributed by atoms with Gasteiger partial charge in [0.05, 0.1) is 4.92 Å². The summed E-state index contributed by atoms with van der Waals surface area (Å²) in [7, 11) is 0. The first-order valence-electron chi connectivity index (χ1n) is 7.91. The summed E-state index contributed by atoms with van der Waals surface area (Å²) in [6, 6.07) is 0.330. The van der Waals surface area contributed by atoms with E-state index in [1.165, 1.54) is 32.1 Å². The molecule has 1 aliphatic rings. The molecule has 0 spiro atoms. The molecule has 1 atom stereocenters. The molecule has 6 heteroatoms. The molecule has 0 aliphatic heterocycles. The second-order valence-corrected chi connectivity index (χ2v) is 6.41. The fraction of sp³-hybridized carbons (Fsp3) is 0.800. The number of aryl methyl sites for hydroxylation is 1. The Morgan fingerprint density at radius 3 is 2.43 bits per heavy atom. The second-order valence-electron chi connectivity index (χ2n) is 6.41. The van der Waals surface area contributed by atoms with Gasteiger partial charge in [0.2, 0.25) is 5.82 Å². The van der Waals surface area contributed by atoms with Crippen LogP contribution in [0.5, 0.6) is 0 Å². The largest absolute Gasteiger partial charge is 0.362 e. The molecule has 1 heterocycles. The Hall–Kier alpha value is -1.59. The van der Waals surface area contributed by atoms with Crippen LogP contribution < -0.4 is 5.32 Å². The molecular formula is C15H26N4O2. The van der Waals surface area contributed by atoms with Gasteiger partial charge in [-0.1, -0.05) is 19.3 Å². The van der Waals surface area contributed by atoms with Gasteiger partial charge in [0.25, 0.3) is 0 Å². The number of hydrogen-bond acceptors (Lipinski definition) is 4. The molecule has 1 unspecified atom stereocenters. The van der Waals surface area contributed by atoms with Crippen LogP contribution in [-0.2, 0) is 0 Å². The fourth-order valence-corrected chi connectivity index (χ4v) is 3.23. The van der Waals surface area contributed by atoms with E-state index in [0.717, 1.165) is 0 Å². The fourth-order valence-electron chi connectivity index (χ4n) is 3.23. The lowest BCUT2D eigenvalue weighted by Crippen LogP contribution is -2.29. The number of nitro groups is 1. The van der Waals surface area contributed by atoms with Crippen LogP contribution in [0.15, 0.2) is 0 Å². The summed E-state index contributed by atoms with van der Waals surface area (Å²) in [5.41, 5.74) is 0.596. The predicted octanol–water partition coefficient (Wildman–Crippen LogP) is 4.06. The summed E-state index contributed by atoms with van der Waals surface area (Å²) in [6.45, 7) is 7.82. The highest BCUT2D eigenvalue weighted by atomic mass is 16.6. The predicted molar refractivity (Wildman–Crippen MR) is 83.7 cm³/mol. The molecule has 21 heavy (non-hydrogen) atoms. The molecule has 0 bridgehead atoms. The summed E-state index contributed by atoms with van der Waals surface area (Å²) in [5.74, 6) is 1.15. The lowest BCUT2D eigenvalue weighted by molar-refractivity contribution is -0.384. The molecule has 1 N–H and O–H groups in total. The van der Waals surface area contributed by atoms with Gasteiger partial charge in [0.1, 0.15) is 5.69 Å². The van der Waals surface area contributed by atoms with Crippen LogP contribution in [0, 0.1) is 23.0 Å². The third-order valence-electron chi connectivity index (χ3n) is 4.45. The van der Waals surface area contributed by atoms with Crippen molar-refractivity contribution in [3.05, 3.63) is 15.8 Å². The minimum Gasteiger partial charge on any atom is -0.362 e. The number of aromatic nitrogens is 2. The average Bonchev–Trinajstić information content (AvgIpc) is 2.76. The molecule has 0 amide bonds. The van der Waals surface area contributed by atoms with Crippen LogP contribution in [-0.4, -0.2) is 20.7 Å². The van der Waals surface area contributed by atoms with Crippen molar-refractivity contribution in [1.29, 1.82) is 0 Å². The average molecular weight is 294 g/mol. The minimum absolute atomic E-state index is 0.0958. The number of nitrogens with zero attached hydrogens (tertiary/aromatic N) is 3. The molecule has 118 valence electrons. The zero-order valence-corrected chi connectivity index (χ0v) is 13.4. The maximum Gasteiger partial charge on any atom is 0.333 e. The number of nitrogens with one attached hydrogen (secondary N) is 1. The Balaban J connectivity index is 2.26. The molecule has 1 aromatic rings. The molecule has 0 aromatic carbocycles. The lowest BCUT2D eigenvalue weighted by Gasteiger charge is -2.29. The topological polar surface area (TPSA) is 73.0 Å². The van der Waals surface area contributed by atoms with Crippen molar-refractivity contribution in [2.24, 2.45) is 5.92 Å². The molecule has 1 saturated carbocycles. The van der Waals surface area contributed by atoms with Gasteiger partial charge < -0.3 is 5.32 Å². The molecule has 2 rings (SSSR count). The Morgan fingerprint density at radius 2 is 1.90 bits per heavy atom. The third kappa shape index (κ3) is 3.36. The van der Waals surface area contributed by atoms with Crippen LogP contribution in [0.1, 0.15) is 64.6 Å². The lowest BCUT2D eigenvalue weighted by atomic mass is 9.84. The first-order valence-corrected chi connectivity index (χ1v) is 7.91. The van der Waals surface area contributed by atoms with Crippen molar-refractivity contribution >= 4 is 11.5 Å². The Kier molecular flexibility index (Phi) is 4.85. The van der Waals surface area contributed by atoms with Crippen LogP contribution in [0.4, 0.5) is 11.5 Å². The Morgan fingerprint density at radius 1 is 1.29 bits per heavy atom. The highest BCUT2D eigenvalue weighted by Gasteiger charge is 2.29. The van der Waals surface area contributed by atoms with Crippen molar-refractivity contribution in [3.8, 4) is 0 Å². The van der Waals surface area contributed by atoms with E-state index in [0.29, 0.717) is 17.4 Å². The first kappa shape index (κ1) is 15.8. The van der Waals surface area contributed by atoms with Gasteiger partial charge in [-0.25, -0.2) is 4.68 Å². The van der Waals surface area contributed by atoms with Crippen molar-refractivity contribution in [1.82, 2.24) is 9.78 Å². The summed E-state index contributed by atoms with van der Waals surface area (Å²) in [5, 5.41) is 19.1. The maximum atomic E-state index is 11.3. The standard InChI is InChI=1S/C15H26N4O2/c1-10(2)18-15(14(19(20)21)12(4)17-18)16-11(3)13-8-6-5-7-9-13/h10-11,13,16H,5-9H2,1-4H3. The zero-order valence-electron chi connectivity index (χ0n) is 13.4. The van der Waals surface area contributed by atoms with Crippen LogP contribution in [0.25, 0.3) is 0 Å². The van der Waals surface area contributed by atoms with Gasteiger partial charge in [0, 0.05) is 12.1 Å². The molecule has 6 nitrogen and oxygen atoms in total. The van der Waals surface area contributed by atoms with Crippen molar-refractivity contribution in [2.45, 2.75) is 71.9 Å². The number of rotatable bonds is 5. The summed E-state index contributed by atoms with van der Waals surface area (Å²) < 4.78 is 1.74. The zero-order chi connectivity index (χ0) is 15.6. The molecule has 1 aliphatic carbocycles. The van der Waals surface area contributed by atoms with Crippen LogP contribution in [0.2, 0.25) is 0 Å². The van der Waals surface area contributed by atoms with Crippen LogP contribution >= 0.6 is 0 Å².